The minimum absolute atomic E-state index is 0.0230. The van der Waals surface area contributed by atoms with Crippen molar-refractivity contribution in [3.05, 3.63) is 47.5 Å². The average molecular weight is 345 g/mol. The zero-order valence-corrected chi connectivity index (χ0v) is 13.8. The van der Waals surface area contributed by atoms with Gasteiger partial charge in [-0.25, -0.2) is 4.98 Å². The van der Waals surface area contributed by atoms with Crippen LogP contribution in [0.1, 0.15) is 0 Å². The first-order valence-corrected chi connectivity index (χ1v) is 7.81. The van der Waals surface area contributed by atoms with Crippen LogP contribution < -0.4 is 15.4 Å². The Hall–Kier alpha value is -2.57. The highest BCUT2D eigenvalue weighted by molar-refractivity contribution is 6.32. The average Bonchev–Trinajstić information content (AvgIpc) is 2.60. The van der Waals surface area contributed by atoms with Gasteiger partial charge in [-0.05, 0) is 30.3 Å². The topological polar surface area (TPSA) is 79.3 Å². The van der Waals surface area contributed by atoms with Crippen LogP contribution in [0.15, 0.2) is 42.5 Å². The lowest BCUT2D eigenvalue weighted by Crippen LogP contribution is -2.09. The molecule has 0 aliphatic heterocycles. The van der Waals surface area contributed by atoms with E-state index in [0.29, 0.717) is 29.1 Å². The fourth-order valence-corrected chi connectivity index (χ4v) is 2.57. The van der Waals surface area contributed by atoms with Crippen molar-refractivity contribution in [2.45, 2.75) is 0 Å². The monoisotopic (exact) mass is 344 g/mol. The van der Waals surface area contributed by atoms with Crippen molar-refractivity contribution >= 4 is 40.0 Å². The molecule has 24 heavy (non-hydrogen) atoms. The maximum atomic E-state index is 9.04. The van der Waals surface area contributed by atoms with Crippen LogP contribution in [0.5, 0.6) is 5.75 Å². The van der Waals surface area contributed by atoms with E-state index < -0.39 is 0 Å². The van der Waals surface area contributed by atoms with Crippen molar-refractivity contribution in [1.82, 2.24) is 9.97 Å². The van der Waals surface area contributed by atoms with Crippen LogP contribution in [0.2, 0.25) is 5.02 Å². The van der Waals surface area contributed by atoms with E-state index in [9.17, 15) is 0 Å². The number of ether oxygens (including phenoxy) is 1. The van der Waals surface area contributed by atoms with Gasteiger partial charge in [-0.3, -0.25) is 0 Å². The number of hydrogen-bond donors (Lipinski definition) is 3. The number of anilines is 3. The second-order valence-electron chi connectivity index (χ2n) is 5.04. The van der Waals surface area contributed by atoms with E-state index in [1.807, 2.05) is 30.3 Å². The van der Waals surface area contributed by atoms with E-state index in [4.69, 9.17) is 21.4 Å². The number of aliphatic hydroxyl groups is 1. The molecule has 124 valence electrons. The Labute approximate surface area is 144 Å². The summed E-state index contributed by atoms with van der Waals surface area (Å²) < 4.78 is 5.15. The number of rotatable bonds is 6. The van der Waals surface area contributed by atoms with E-state index in [1.165, 1.54) is 0 Å². The predicted molar refractivity (Wildman–Crippen MR) is 96.4 cm³/mol. The van der Waals surface area contributed by atoms with E-state index >= 15 is 0 Å². The summed E-state index contributed by atoms with van der Waals surface area (Å²) in [6, 6.07) is 13.0. The second-order valence-corrected chi connectivity index (χ2v) is 5.44. The summed E-state index contributed by atoms with van der Waals surface area (Å²) >= 11 is 6.14. The van der Waals surface area contributed by atoms with Gasteiger partial charge in [-0.1, -0.05) is 23.7 Å². The highest BCUT2D eigenvalue weighted by Crippen LogP contribution is 2.29. The quantitative estimate of drug-likeness (QED) is 0.635. The number of halogens is 1. The largest absolute Gasteiger partial charge is 0.495 e. The molecule has 0 bridgehead atoms. The highest BCUT2D eigenvalue weighted by atomic mass is 35.5. The molecule has 2 aromatic carbocycles. The Morgan fingerprint density at radius 1 is 1.17 bits per heavy atom. The number of nitrogens with one attached hydrogen (secondary N) is 2. The van der Waals surface area contributed by atoms with Crippen LogP contribution in [-0.2, 0) is 0 Å². The Bertz CT molecular complexity index is 857. The van der Waals surface area contributed by atoms with Crippen molar-refractivity contribution in [1.29, 1.82) is 0 Å². The van der Waals surface area contributed by atoms with Gasteiger partial charge in [0.2, 0.25) is 5.95 Å². The minimum atomic E-state index is 0.0230. The molecule has 0 unspecified atom stereocenters. The Kier molecular flexibility index (Phi) is 4.98. The zero-order valence-electron chi connectivity index (χ0n) is 13.1. The van der Waals surface area contributed by atoms with Gasteiger partial charge in [-0.15, -0.1) is 0 Å². The summed E-state index contributed by atoms with van der Waals surface area (Å²) in [6.45, 7) is 0.435. The molecule has 0 amide bonds. The van der Waals surface area contributed by atoms with Gasteiger partial charge < -0.3 is 20.5 Å². The second kappa shape index (κ2) is 7.33. The summed E-state index contributed by atoms with van der Waals surface area (Å²) in [7, 11) is 1.57. The van der Waals surface area contributed by atoms with Gasteiger partial charge in [-0.2, -0.15) is 4.98 Å². The molecule has 0 atom stereocenters. The molecule has 0 saturated carbocycles. The molecule has 7 heteroatoms. The van der Waals surface area contributed by atoms with Gasteiger partial charge in [0.15, 0.2) is 0 Å². The van der Waals surface area contributed by atoms with Gasteiger partial charge in [0.1, 0.15) is 11.6 Å². The summed E-state index contributed by atoms with van der Waals surface area (Å²) in [5, 5.41) is 16.7. The first-order valence-electron chi connectivity index (χ1n) is 7.43. The van der Waals surface area contributed by atoms with Crippen molar-refractivity contribution in [2.24, 2.45) is 0 Å². The number of nitrogens with zero attached hydrogens (tertiary/aromatic N) is 2. The van der Waals surface area contributed by atoms with E-state index in [0.717, 1.165) is 16.6 Å². The maximum absolute atomic E-state index is 9.04. The summed E-state index contributed by atoms with van der Waals surface area (Å²) in [5.41, 5.74) is 1.55. The third-order valence-electron chi connectivity index (χ3n) is 3.42. The Morgan fingerprint density at radius 3 is 2.75 bits per heavy atom. The summed E-state index contributed by atoms with van der Waals surface area (Å²) in [5.74, 6) is 1.71. The summed E-state index contributed by atoms with van der Waals surface area (Å²) in [6.07, 6.45) is 0. The standard InChI is InChI=1S/C17H17ClN4O2/c1-24-15-7-6-11(10-13(15)18)20-17-21-14-5-3-2-4-12(14)16(22-17)19-8-9-23/h2-7,10,23H,8-9H2,1H3,(H2,19,20,21,22). The number of para-hydroxylation sites is 1. The number of aromatic nitrogens is 2. The number of benzene rings is 2. The number of methoxy groups -OCH3 is 1. The van der Waals surface area contributed by atoms with Crippen molar-refractivity contribution in [2.75, 3.05) is 30.9 Å². The zero-order chi connectivity index (χ0) is 16.9. The molecule has 3 aromatic rings. The van der Waals surface area contributed by atoms with Gasteiger partial charge in [0.05, 0.1) is 24.3 Å². The molecule has 3 N–H and O–H groups in total. The fourth-order valence-electron chi connectivity index (χ4n) is 2.31. The van der Waals surface area contributed by atoms with Crippen LogP contribution in [0.4, 0.5) is 17.5 Å². The molecule has 6 nitrogen and oxygen atoms in total. The molecular weight excluding hydrogens is 328 g/mol. The predicted octanol–water partition coefficient (Wildman–Crippen LogP) is 3.44. The van der Waals surface area contributed by atoms with Gasteiger partial charge >= 0.3 is 0 Å². The molecule has 0 fully saturated rings. The first-order chi connectivity index (χ1) is 11.7. The summed E-state index contributed by atoms with van der Waals surface area (Å²) in [4.78, 5) is 9.00. The molecule has 3 rings (SSSR count). The molecule has 0 radical (unpaired) electrons. The first kappa shape index (κ1) is 16.3. The maximum Gasteiger partial charge on any atom is 0.229 e. The third kappa shape index (κ3) is 3.50. The third-order valence-corrected chi connectivity index (χ3v) is 3.71. The van der Waals surface area contributed by atoms with E-state index in [2.05, 4.69) is 20.6 Å². The minimum Gasteiger partial charge on any atom is -0.495 e. The van der Waals surface area contributed by atoms with Crippen LogP contribution in [0.3, 0.4) is 0 Å². The molecule has 1 heterocycles. The fraction of sp³-hybridized carbons (Fsp3) is 0.176. The number of fused-ring (bicyclic) bond motifs is 1. The van der Waals surface area contributed by atoms with Gasteiger partial charge in [0, 0.05) is 17.6 Å². The van der Waals surface area contributed by atoms with Crippen LogP contribution >= 0.6 is 11.6 Å². The molecule has 0 aliphatic carbocycles. The lowest BCUT2D eigenvalue weighted by atomic mass is 10.2. The smallest absolute Gasteiger partial charge is 0.229 e. The lowest BCUT2D eigenvalue weighted by Gasteiger charge is -2.12. The van der Waals surface area contributed by atoms with Crippen LogP contribution in [-0.4, -0.2) is 35.3 Å². The van der Waals surface area contributed by atoms with Crippen molar-refractivity contribution in [3.63, 3.8) is 0 Å². The highest BCUT2D eigenvalue weighted by Gasteiger charge is 2.08. The molecule has 0 spiro atoms. The molecular formula is C17H17ClN4O2. The molecule has 1 aromatic heterocycles. The lowest BCUT2D eigenvalue weighted by molar-refractivity contribution is 0.311. The van der Waals surface area contributed by atoms with Crippen molar-refractivity contribution in [3.8, 4) is 5.75 Å². The van der Waals surface area contributed by atoms with Crippen molar-refractivity contribution < 1.29 is 9.84 Å². The number of hydrogen-bond acceptors (Lipinski definition) is 6. The normalized spacial score (nSPS) is 10.6. The van der Waals surface area contributed by atoms with E-state index in [1.54, 1.807) is 19.2 Å². The number of aliphatic hydroxyl groups excluding tert-OH is 1. The van der Waals surface area contributed by atoms with Crippen LogP contribution in [0.25, 0.3) is 10.9 Å². The molecule has 0 saturated heterocycles. The molecule has 0 aliphatic rings. The SMILES string of the molecule is COc1ccc(Nc2nc(NCCO)c3ccccc3n2)cc1Cl. The van der Waals surface area contributed by atoms with Crippen LogP contribution in [0, 0.1) is 0 Å². The Morgan fingerprint density at radius 2 is 2.00 bits per heavy atom. The van der Waals surface area contributed by atoms with Gasteiger partial charge in [0.25, 0.3) is 0 Å². The van der Waals surface area contributed by atoms with E-state index in [-0.39, 0.29) is 6.61 Å². The Balaban J connectivity index is 1.95.